The van der Waals surface area contributed by atoms with Gasteiger partial charge in [0, 0.05) is 5.75 Å². The molecule has 0 amide bonds. The second kappa shape index (κ2) is 4.68. The Balaban J connectivity index is 0. The van der Waals surface area contributed by atoms with E-state index in [4.69, 9.17) is 5.14 Å². The van der Waals surface area contributed by atoms with Gasteiger partial charge in [0.1, 0.15) is 0 Å². The fraction of sp³-hybridized carbons (Fsp3) is 1.00. The van der Waals surface area contributed by atoms with Gasteiger partial charge in [0.2, 0.25) is 0 Å². The molecule has 0 radical (unpaired) electrons. The molecule has 5 heteroatoms. The van der Waals surface area contributed by atoms with E-state index >= 15 is 0 Å². The zero-order chi connectivity index (χ0) is 6.78. The van der Waals surface area contributed by atoms with Crippen molar-refractivity contribution in [2.75, 3.05) is 5.75 Å². The van der Waals surface area contributed by atoms with Gasteiger partial charge in [0.05, 0.1) is 10.0 Å². The van der Waals surface area contributed by atoms with E-state index in [-0.39, 0.29) is 41.2 Å². The summed E-state index contributed by atoms with van der Waals surface area (Å²) in [4.78, 5) is 0. The van der Waals surface area contributed by atoms with Crippen LogP contribution in [0.2, 0.25) is 0 Å². The Labute approximate surface area is 78.3 Å². The summed E-state index contributed by atoms with van der Waals surface area (Å²) in [7, 11) is -3.47. The van der Waals surface area contributed by atoms with E-state index in [1.807, 2.05) is 0 Å². The van der Waals surface area contributed by atoms with Crippen LogP contribution in [0.1, 0.15) is 13.8 Å². The monoisotopic (exact) mass is 159 g/mol. The first-order chi connectivity index (χ1) is 3.42. The molecule has 0 unspecified atom stereocenters. The van der Waals surface area contributed by atoms with E-state index in [2.05, 4.69) is 0 Å². The van der Waals surface area contributed by atoms with Crippen LogP contribution >= 0.6 is 0 Å². The van der Waals surface area contributed by atoms with Gasteiger partial charge in [-0.3, -0.25) is 0 Å². The largest absolute Gasteiger partial charge is 1.00 e. The molecule has 0 saturated heterocycles. The first-order valence-corrected chi connectivity index (χ1v) is 4.04. The van der Waals surface area contributed by atoms with Gasteiger partial charge in [-0.15, -0.1) is 0 Å². The maximum atomic E-state index is 10.1. The average Bonchev–Trinajstić information content (AvgIpc) is 1.21. The van der Waals surface area contributed by atoms with Crippen LogP contribution in [0.4, 0.5) is 0 Å². The molecule has 0 aromatic carbocycles. The molecule has 0 bridgehead atoms. The van der Waals surface area contributed by atoms with Crippen molar-refractivity contribution < 1.29 is 38.0 Å². The molecule has 3 nitrogen and oxygen atoms in total. The number of sulfonamides is 1. The molecule has 50 valence electrons. The Morgan fingerprint density at radius 1 is 1.44 bits per heavy atom. The zero-order valence-electron chi connectivity index (χ0n) is 6.01. The molecule has 9 heavy (non-hydrogen) atoms. The standard InChI is InChI=1S/C4H10NO2S.Na/c1-4(2)3-8(5,6)7;/h4H,3H2,1-2H3,(H-,5,6,7);/q-1;+1. The summed E-state index contributed by atoms with van der Waals surface area (Å²) < 4.78 is 20.2. The van der Waals surface area contributed by atoms with Crippen molar-refractivity contribution in [1.82, 2.24) is 0 Å². The Kier molecular flexibility index (Phi) is 6.54. The van der Waals surface area contributed by atoms with Crippen molar-refractivity contribution in [2.24, 2.45) is 5.92 Å². The van der Waals surface area contributed by atoms with Crippen molar-refractivity contribution in [2.45, 2.75) is 13.8 Å². The maximum absolute atomic E-state index is 10.1. The molecule has 0 aromatic heterocycles. The SMILES string of the molecule is CC(C)CS([NH-])(=O)=O.[Na+]. The van der Waals surface area contributed by atoms with Crippen LogP contribution in [0, 0.1) is 5.92 Å². The summed E-state index contributed by atoms with van der Waals surface area (Å²) in [5, 5.41) is 6.43. The van der Waals surface area contributed by atoms with Crippen LogP contribution in [0.25, 0.3) is 5.14 Å². The maximum Gasteiger partial charge on any atom is 1.00 e. The quantitative estimate of drug-likeness (QED) is 0.439. The summed E-state index contributed by atoms with van der Waals surface area (Å²) in [6.45, 7) is 3.54. The van der Waals surface area contributed by atoms with Gasteiger partial charge < -0.3 is 5.14 Å². The summed E-state index contributed by atoms with van der Waals surface area (Å²) >= 11 is 0. The van der Waals surface area contributed by atoms with E-state index in [0.717, 1.165) is 0 Å². The average molecular weight is 159 g/mol. The van der Waals surface area contributed by atoms with Gasteiger partial charge in [-0.25, -0.2) is 8.42 Å². The van der Waals surface area contributed by atoms with E-state index < -0.39 is 10.0 Å². The van der Waals surface area contributed by atoms with E-state index in [9.17, 15) is 8.42 Å². The van der Waals surface area contributed by atoms with Crippen molar-refractivity contribution >= 4 is 10.0 Å². The first-order valence-electron chi connectivity index (χ1n) is 2.39. The van der Waals surface area contributed by atoms with Crippen LogP contribution in [-0.4, -0.2) is 14.2 Å². The Bertz CT molecular complexity index is 152. The van der Waals surface area contributed by atoms with Crippen molar-refractivity contribution in [3.05, 3.63) is 5.14 Å². The van der Waals surface area contributed by atoms with Gasteiger partial charge in [-0.1, -0.05) is 13.8 Å². The molecule has 0 heterocycles. The molecular weight excluding hydrogens is 149 g/mol. The Morgan fingerprint density at radius 3 is 1.78 bits per heavy atom. The Hall–Kier alpha value is 0.910. The zero-order valence-corrected chi connectivity index (χ0v) is 8.83. The van der Waals surface area contributed by atoms with Gasteiger partial charge in [0.25, 0.3) is 0 Å². The minimum atomic E-state index is -3.47. The van der Waals surface area contributed by atoms with Crippen LogP contribution in [0.15, 0.2) is 0 Å². The molecule has 0 saturated carbocycles. The van der Waals surface area contributed by atoms with Crippen LogP contribution in [0.3, 0.4) is 0 Å². The van der Waals surface area contributed by atoms with Gasteiger partial charge >= 0.3 is 29.6 Å². The van der Waals surface area contributed by atoms with Gasteiger partial charge in [0.15, 0.2) is 0 Å². The number of nitrogens with one attached hydrogen (secondary N) is 1. The van der Waals surface area contributed by atoms with Crippen molar-refractivity contribution in [3.63, 3.8) is 0 Å². The molecule has 0 aliphatic carbocycles. The van der Waals surface area contributed by atoms with Crippen molar-refractivity contribution in [1.29, 1.82) is 0 Å². The predicted octanol–water partition coefficient (Wildman–Crippen LogP) is -1.97. The first kappa shape index (κ1) is 12.6. The number of hydrogen-bond acceptors (Lipinski definition) is 2. The minimum Gasteiger partial charge on any atom is -0.564 e. The van der Waals surface area contributed by atoms with Gasteiger partial charge in [-0.05, 0) is 5.92 Å². The fourth-order valence-corrected chi connectivity index (χ4v) is 1.32. The second-order valence-corrected chi connectivity index (χ2v) is 3.74. The number of hydrogen-bond donors (Lipinski definition) is 0. The summed E-state index contributed by atoms with van der Waals surface area (Å²) in [6, 6.07) is 0. The molecule has 0 aromatic rings. The molecular formula is C4H10NNaO2S. The number of rotatable bonds is 2. The van der Waals surface area contributed by atoms with E-state index in [1.165, 1.54) is 0 Å². The van der Waals surface area contributed by atoms with Crippen molar-refractivity contribution in [3.8, 4) is 0 Å². The third-order valence-corrected chi connectivity index (χ3v) is 1.66. The third-order valence-electron chi connectivity index (χ3n) is 0.553. The smallest absolute Gasteiger partial charge is 0.564 e. The molecule has 0 fully saturated rings. The minimum absolute atomic E-state index is 0. The van der Waals surface area contributed by atoms with E-state index in [1.54, 1.807) is 13.8 Å². The van der Waals surface area contributed by atoms with Crippen LogP contribution in [0.5, 0.6) is 0 Å². The normalized spacial score (nSPS) is 11.1. The molecule has 0 rings (SSSR count). The molecule has 0 aliphatic heterocycles. The molecule has 0 spiro atoms. The summed E-state index contributed by atoms with van der Waals surface area (Å²) in [5.74, 6) is 0.0324. The molecule has 1 N–H and O–H groups in total. The van der Waals surface area contributed by atoms with Crippen LogP contribution in [-0.2, 0) is 10.0 Å². The van der Waals surface area contributed by atoms with E-state index in [0.29, 0.717) is 0 Å². The topological polar surface area (TPSA) is 57.9 Å². The van der Waals surface area contributed by atoms with Gasteiger partial charge in [-0.2, -0.15) is 0 Å². The summed E-state index contributed by atoms with van der Waals surface area (Å²) in [5.41, 5.74) is 0. The van der Waals surface area contributed by atoms with Crippen LogP contribution < -0.4 is 29.6 Å². The predicted molar refractivity (Wildman–Crippen MR) is 32.9 cm³/mol. The summed E-state index contributed by atoms with van der Waals surface area (Å²) in [6.07, 6.45) is 0. The second-order valence-electron chi connectivity index (χ2n) is 2.18. The third kappa shape index (κ3) is 12.2. The molecule has 0 aliphatic rings. The molecule has 0 atom stereocenters. The fourth-order valence-electron chi connectivity index (χ4n) is 0.439. The Morgan fingerprint density at radius 2 is 1.78 bits per heavy atom.